The van der Waals surface area contributed by atoms with Gasteiger partial charge in [0, 0.05) is 31.4 Å². The van der Waals surface area contributed by atoms with Gasteiger partial charge in [0.05, 0.1) is 25.0 Å². The van der Waals surface area contributed by atoms with Crippen LogP contribution in [0.25, 0.3) is 11.0 Å². The Labute approximate surface area is 215 Å². The molecule has 0 radical (unpaired) electrons. The summed E-state index contributed by atoms with van der Waals surface area (Å²) < 4.78 is 12.5. The van der Waals surface area contributed by atoms with Crippen molar-refractivity contribution in [3.05, 3.63) is 88.1 Å². The van der Waals surface area contributed by atoms with E-state index in [1.165, 1.54) is 0 Å². The van der Waals surface area contributed by atoms with Crippen molar-refractivity contribution in [1.82, 2.24) is 14.5 Å². The Kier molecular flexibility index (Phi) is 6.41. The summed E-state index contributed by atoms with van der Waals surface area (Å²) in [7, 11) is 3.20. The van der Waals surface area contributed by atoms with Crippen molar-refractivity contribution in [2.75, 3.05) is 25.7 Å². The third-order valence-electron chi connectivity index (χ3n) is 7.09. The van der Waals surface area contributed by atoms with E-state index in [4.69, 9.17) is 14.5 Å². The van der Waals surface area contributed by atoms with Gasteiger partial charge in [-0.05, 0) is 61.7 Å². The summed E-state index contributed by atoms with van der Waals surface area (Å²) in [5.41, 5.74) is 2.62. The molecule has 37 heavy (non-hydrogen) atoms. The van der Waals surface area contributed by atoms with Crippen molar-refractivity contribution >= 4 is 22.6 Å². The number of ether oxygens (including phenoxy) is 2. The number of rotatable bonds is 8. The molecule has 0 N–H and O–H groups in total. The summed E-state index contributed by atoms with van der Waals surface area (Å²) in [4.78, 5) is 37.7. The predicted octanol–water partition coefficient (Wildman–Crippen LogP) is 3.92. The molecule has 190 valence electrons. The fraction of sp³-hybridized carbons (Fsp3) is 0.310. The van der Waals surface area contributed by atoms with E-state index in [-0.39, 0.29) is 11.5 Å². The highest BCUT2D eigenvalue weighted by Crippen LogP contribution is 2.41. The standard InChI is InChI=1S/C29H30N4O4/c1-29(2)21-9-5-6-10-22(21)32(28(29)35)17-14-25-31-26-20(8-7-15-30-26)27(34)33(25)16-13-19-11-12-23(36-3)24(18-19)37-4/h5-12,15,18H,13-14,16-17H2,1-4H3. The Morgan fingerprint density at radius 1 is 0.892 bits per heavy atom. The van der Waals surface area contributed by atoms with Crippen molar-refractivity contribution in [3.63, 3.8) is 0 Å². The third kappa shape index (κ3) is 4.33. The van der Waals surface area contributed by atoms with Gasteiger partial charge in [-0.25, -0.2) is 9.97 Å². The second-order valence-electron chi connectivity index (χ2n) is 9.65. The number of hydrogen-bond donors (Lipinski definition) is 0. The number of nitrogens with zero attached hydrogens (tertiary/aromatic N) is 4. The number of benzene rings is 2. The number of anilines is 1. The summed E-state index contributed by atoms with van der Waals surface area (Å²) >= 11 is 0. The van der Waals surface area contributed by atoms with E-state index in [0.29, 0.717) is 54.3 Å². The Balaban J connectivity index is 1.47. The van der Waals surface area contributed by atoms with Crippen molar-refractivity contribution in [1.29, 1.82) is 0 Å². The molecule has 0 saturated heterocycles. The lowest BCUT2D eigenvalue weighted by Crippen LogP contribution is -2.38. The van der Waals surface area contributed by atoms with Crippen molar-refractivity contribution in [3.8, 4) is 11.5 Å². The summed E-state index contributed by atoms with van der Waals surface area (Å²) in [5.74, 6) is 1.95. The van der Waals surface area contributed by atoms with Crippen molar-refractivity contribution < 1.29 is 14.3 Å². The van der Waals surface area contributed by atoms with Gasteiger partial charge in [-0.2, -0.15) is 0 Å². The predicted molar refractivity (Wildman–Crippen MR) is 143 cm³/mol. The number of pyridine rings is 1. The van der Waals surface area contributed by atoms with Crippen LogP contribution in [-0.4, -0.2) is 41.2 Å². The van der Waals surface area contributed by atoms with Crippen LogP contribution in [0.3, 0.4) is 0 Å². The molecular formula is C29H30N4O4. The molecule has 5 rings (SSSR count). The minimum Gasteiger partial charge on any atom is -0.493 e. The summed E-state index contributed by atoms with van der Waals surface area (Å²) in [6.45, 7) is 4.74. The molecular weight excluding hydrogens is 468 g/mol. The van der Waals surface area contributed by atoms with Gasteiger partial charge in [0.25, 0.3) is 5.56 Å². The molecule has 0 aliphatic carbocycles. The topological polar surface area (TPSA) is 86.5 Å². The van der Waals surface area contributed by atoms with Gasteiger partial charge < -0.3 is 14.4 Å². The summed E-state index contributed by atoms with van der Waals surface area (Å²) in [6, 6.07) is 17.1. The molecule has 1 aliphatic rings. The molecule has 0 saturated carbocycles. The number of carbonyl (C=O) groups is 1. The van der Waals surface area contributed by atoms with Gasteiger partial charge in [-0.15, -0.1) is 0 Å². The van der Waals surface area contributed by atoms with Gasteiger partial charge >= 0.3 is 0 Å². The van der Waals surface area contributed by atoms with Crippen LogP contribution >= 0.6 is 0 Å². The fourth-order valence-corrected chi connectivity index (χ4v) is 5.03. The smallest absolute Gasteiger partial charge is 0.263 e. The van der Waals surface area contributed by atoms with E-state index in [2.05, 4.69) is 4.98 Å². The summed E-state index contributed by atoms with van der Waals surface area (Å²) in [5, 5.41) is 0.474. The molecule has 1 amide bonds. The molecule has 3 heterocycles. The van der Waals surface area contributed by atoms with E-state index in [1.807, 2.05) is 61.2 Å². The Hall–Kier alpha value is -4.20. The first-order valence-electron chi connectivity index (χ1n) is 12.3. The molecule has 0 unspecified atom stereocenters. The zero-order chi connectivity index (χ0) is 26.2. The van der Waals surface area contributed by atoms with Crippen LogP contribution in [0.15, 0.2) is 65.6 Å². The number of fused-ring (bicyclic) bond motifs is 2. The Bertz CT molecular complexity index is 1540. The van der Waals surface area contributed by atoms with Crippen molar-refractivity contribution in [2.45, 2.75) is 38.6 Å². The van der Waals surface area contributed by atoms with Gasteiger partial charge in [0.1, 0.15) is 5.82 Å². The molecule has 1 aliphatic heterocycles. The zero-order valence-corrected chi connectivity index (χ0v) is 21.5. The lowest BCUT2D eigenvalue weighted by Gasteiger charge is -2.21. The highest BCUT2D eigenvalue weighted by atomic mass is 16.5. The first-order chi connectivity index (χ1) is 17.8. The van der Waals surface area contributed by atoms with Gasteiger partial charge in [0.2, 0.25) is 5.91 Å². The molecule has 8 nitrogen and oxygen atoms in total. The minimum absolute atomic E-state index is 0.0480. The van der Waals surface area contributed by atoms with Gasteiger partial charge in [-0.3, -0.25) is 14.2 Å². The van der Waals surface area contributed by atoms with Gasteiger partial charge in [-0.1, -0.05) is 24.3 Å². The monoisotopic (exact) mass is 498 g/mol. The largest absolute Gasteiger partial charge is 0.493 e. The third-order valence-corrected chi connectivity index (χ3v) is 7.09. The molecule has 0 atom stereocenters. The molecule has 2 aromatic heterocycles. The number of aromatic nitrogens is 3. The van der Waals surface area contributed by atoms with Crippen molar-refractivity contribution in [2.24, 2.45) is 0 Å². The summed E-state index contributed by atoms with van der Waals surface area (Å²) in [6.07, 6.45) is 2.65. The quantitative estimate of drug-likeness (QED) is 0.366. The average Bonchev–Trinajstić information content (AvgIpc) is 3.11. The number of para-hydroxylation sites is 1. The number of amides is 1. The molecule has 0 bridgehead atoms. The van der Waals surface area contributed by atoms with E-state index >= 15 is 0 Å². The Morgan fingerprint density at radius 2 is 1.68 bits per heavy atom. The molecule has 4 aromatic rings. The number of hydrogen-bond acceptors (Lipinski definition) is 6. The van der Waals surface area contributed by atoms with E-state index in [9.17, 15) is 9.59 Å². The van der Waals surface area contributed by atoms with E-state index < -0.39 is 5.41 Å². The number of aryl methyl sites for hydroxylation is 1. The number of carbonyl (C=O) groups excluding carboxylic acids is 1. The van der Waals surface area contributed by atoms with Crippen LogP contribution in [0.1, 0.15) is 30.8 Å². The maximum Gasteiger partial charge on any atom is 0.263 e. The van der Waals surface area contributed by atoms with Crippen LogP contribution in [0.2, 0.25) is 0 Å². The van der Waals surface area contributed by atoms with Crippen LogP contribution < -0.4 is 19.9 Å². The molecule has 2 aromatic carbocycles. The maximum atomic E-state index is 13.5. The first-order valence-corrected chi connectivity index (χ1v) is 12.3. The zero-order valence-electron chi connectivity index (χ0n) is 21.5. The highest BCUT2D eigenvalue weighted by Gasteiger charge is 2.43. The first kappa shape index (κ1) is 24.5. The lowest BCUT2D eigenvalue weighted by molar-refractivity contribution is -0.122. The number of methoxy groups -OCH3 is 2. The minimum atomic E-state index is -0.595. The second kappa shape index (κ2) is 9.69. The SMILES string of the molecule is COc1ccc(CCn2c(CCN3C(=O)C(C)(C)c4ccccc43)nc3ncccc3c2=O)cc1OC. The fourth-order valence-electron chi connectivity index (χ4n) is 5.03. The average molecular weight is 499 g/mol. The highest BCUT2D eigenvalue weighted by molar-refractivity contribution is 6.07. The maximum absolute atomic E-state index is 13.5. The second-order valence-corrected chi connectivity index (χ2v) is 9.65. The molecule has 0 fully saturated rings. The molecule has 8 heteroatoms. The normalized spacial score (nSPS) is 14.2. The molecule has 0 spiro atoms. The Morgan fingerprint density at radius 3 is 2.46 bits per heavy atom. The van der Waals surface area contributed by atoms with Gasteiger partial charge in [0.15, 0.2) is 17.1 Å². The van der Waals surface area contributed by atoms with E-state index in [1.54, 1.807) is 37.1 Å². The lowest BCUT2D eigenvalue weighted by atomic mass is 9.86. The van der Waals surface area contributed by atoms with Crippen LogP contribution in [0, 0.1) is 0 Å². The van der Waals surface area contributed by atoms with E-state index in [0.717, 1.165) is 16.8 Å². The van der Waals surface area contributed by atoms with Crippen LogP contribution in [0.4, 0.5) is 5.69 Å². The van der Waals surface area contributed by atoms with Crippen LogP contribution in [0.5, 0.6) is 11.5 Å². The van der Waals surface area contributed by atoms with Crippen LogP contribution in [-0.2, 0) is 29.6 Å².